The van der Waals surface area contributed by atoms with Crippen LogP contribution >= 0.6 is 0 Å². The normalized spacial score (nSPS) is 10.6. The number of para-hydroxylation sites is 1. The molecule has 0 unspecified atom stereocenters. The van der Waals surface area contributed by atoms with Crippen LogP contribution in [0.25, 0.3) is 28.1 Å². The van der Waals surface area contributed by atoms with Gasteiger partial charge in [0.25, 0.3) is 0 Å². The van der Waals surface area contributed by atoms with Crippen molar-refractivity contribution >= 4 is 0 Å². The predicted molar refractivity (Wildman–Crippen MR) is 111 cm³/mol. The lowest BCUT2D eigenvalue weighted by Gasteiger charge is -2.14. The fraction of sp³-hybridized carbons (Fsp3) is 0.0400. The molecule has 0 atom stereocenters. The number of rotatable bonds is 5. The van der Waals surface area contributed by atoms with Gasteiger partial charge in [0.1, 0.15) is 0 Å². The van der Waals surface area contributed by atoms with Crippen molar-refractivity contribution in [3.63, 3.8) is 0 Å². The molecule has 0 aliphatic carbocycles. The molecule has 1 nitrogen and oxygen atoms in total. The average Bonchev–Trinajstić information content (AvgIpc) is 3.10. The van der Waals surface area contributed by atoms with Crippen molar-refractivity contribution in [3.8, 4) is 28.1 Å². The van der Waals surface area contributed by atoms with Crippen LogP contribution < -0.4 is 0 Å². The molecular weight excluding hydrogens is 314 g/mol. The molecule has 0 aliphatic rings. The van der Waals surface area contributed by atoms with E-state index < -0.39 is 0 Å². The van der Waals surface area contributed by atoms with E-state index in [2.05, 4.69) is 108 Å². The number of hydrogen-bond donors (Lipinski definition) is 0. The van der Waals surface area contributed by atoms with Crippen LogP contribution in [0.5, 0.6) is 0 Å². The Morgan fingerprint density at radius 3 is 1.81 bits per heavy atom. The number of allylic oxidation sites excluding steroid dienone is 1. The van der Waals surface area contributed by atoms with Crippen LogP contribution in [-0.4, -0.2) is 4.57 Å². The summed E-state index contributed by atoms with van der Waals surface area (Å²) in [6.45, 7) is 3.99. The monoisotopic (exact) mass is 335 g/mol. The summed E-state index contributed by atoms with van der Waals surface area (Å²) in [5.41, 5.74) is 7.34. The van der Waals surface area contributed by atoms with Crippen LogP contribution in [0.15, 0.2) is 110 Å². The van der Waals surface area contributed by atoms with E-state index in [1.165, 1.54) is 33.8 Å². The smallest absolute Gasteiger partial charge is 0.0537 e. The van der Waals surface area contributed by atoms with Gasteiger partial charge >= 0.3 is 0 Å². The molecular formula is C25H21N. The summed E-state index contributed by atoms with van der Waals surface area (Å²) in [7, 11) is 0. The van der Waals surface area contributed by atoms with Gasteiger partial charge in [0.2, 0.25) is 0 Å². The Labute approximate surface area is 154 Å². The molecule has 1 heteroatoms. The predicted octanol–water partition coefficient (Wildman–Crippen LogP) is 6.54. The molecule has 4 aromatic rings. The van der Waals surface area contributed by atoms with Crippen molar-refractivity contribution in [1.29, 1.82) is 0 Å². The van der Waals surface area contributed by atoms with Gasteiger partial charge in [0, 0.05) is 23.4 Å². The fourth-order valence-electron chi connectivity index (χ4n) is 3.45. The lowest BCUT2D eigenvalue weighted by atomic mass is 10.0. The minimum atomic E-state index is 0.811. The first-order valence-corrected chi connectivity index (χ1v) is 8.90. The van der Waals surface area contributed by atoms with Gasteiger partial charge in [-0.1, -0.05) is 84.9 Å². The molecule has 0 saturated heterocycles. The molecule has 0 spiro atoms. The molecule has 0 saturated carbocycles. The SMILES string of the molecule is C=CCc1c(-c2ccccc2)cc(-c2ccccc2)n1-c1ccccc1. The Morgan fingerprint density at radius 2 is 1.23 bits per heavy atom. The van der Waals surface area contributed by atoms with Gasteiger partial charge in [-0.3, -0.25) is 0 Å². The van der Waals surface area contributed by atoms with Crippen LogP contribution in [0.2, 0.25) is 0 Å². The van der Waals surface area contributed by atoms with Gasteiger partial charge in [0.15, 0.2) is 0 Å². The summed E-state index contributed by atoms with van der Waals surface area (Å²) in [4.78, 5) is 0. The minimum absolute atomic E-state index is 0.811. The van der Waals surface area contributed by atoms with E-state index in [1.54, 1.807) is 0 Å². The third kappa shape index (κ3) is 3.00. The van der Waals surface area contributed by atoms with Crippen LogP contribution in [0, 0.1) is 0 Å². The molecule has 1 aromatic heterocycles. The highest BCUT2D eigenvalue weighted by molar-refractivity contribution is 5.77. The van der Waals surface area contributed by atoms with Gasteiger partial charge in [-0.2, -0.15) is 0 Å². The lowest BCUT2D eigenvalue weighted by Crippen LogP contribution is -2.02. The molecule has 0 aliphatic heterocycles. The number of nitrogens with zero attached hydrogens (tertiary/aromatic N) is 1. The first-order valence-electron chi connectivity index (χ1n) is 8.90. The van der Waals surface area contributed by atoms with Crippen LogP contribution in [0.1, 0.15) is 5.69 Å². The molecule has 3 aromatic carbocycles. The maximum Gasteiger partial charge on any atom is 0.0537 e. The maximum absolute atomic E-state index is 3.99. The third-order valence-electron chi connectivity index (χ3n) is 4.61. The first kappa shape index (κ1) is 16.2. The van der Waals surface area contributed by atoms with Crippen molar-refractivity contribution < 1.29 is 0 Å². The number of benzene rings is 3. The molecule has 4 rings (SSSR count). The fourth-order valence-corrected chi connectivity index (χ4v) is 3.45. The van der Waals surface area contributed by atoms with Crippen molar-refractivity contribution in [1.82, 2.24) is 4.57 Å². The van der Waals surface area contributed by atoms with E-state index in [9.17, 15) is 0 Å². The zero-order valence-corrected chi connectivity index (χ0v) is 14.7. The highest BCUT2D eigenvalue weighted by Crippen LogP contribution is 2.35. The van der Waals surface area contributed by atoms with E-state index in [0.717, 1.165) is 6.42 Å². The van der Waals surface area contributed by atoms with Crippen LogP contribution in [0.4, 0.5) is 0 Å². The molecule has 1 heterocycles. The zero-order chi connectivity index (χ0) is 17.8. The van der Waals surface area contributed by atoms with Gasteiger partial charge in [-0.15, -0.1) is 6.58 Å². The molecule has 126 valence electrons. The second-order valence-electron chi connectivity index (χ2n) is 6.29. The maximum atomic E-state index is 3.99. The molecule has 0 N–H and O–H groups in total. The Kier molecular flexibility index (Phi) is 4.53. The standard InChI is InChI=1S/C25H21N/c1-2-12-24-23(20-13-6-3-7-14-20)19-25(21-15-8-4-9-16-21)26(24)22-17-10-5-11-18-22/h2-11,13-19H,1,12H2. The second-order valence-corrected chi connectivity index (χ2v) is 6.29. The largest absolute Gasteiger partial charge is 0.313 e. The highest BCUT2D eigenvalue weighted by Gasteiger charge is 2.17. The van der Waals surface area contributed by atoms with E-state index in [1.807, 2.05) is 6.08 Å². The molecule has 0 bridgehead atoms. The summed E-state index contributed by atoms with van der Waals surface area (Å²) in [5.74, 6) is 0. The van der Waals surface area contributed by atoms with Gasteiger partial charge in [0.05, 0.1) is 5.69 Å². The third-order valence-corrected chi connectivity index (χ3v) is 4.61. The lowest BCUT2D eigenvalue weighted by molar-refractivity contribution is 0.983. The summed E-state index contributed by atoms with van der Waals surface area (Å²) in [5, 5.41) is 0. The Morgan fingerprint density at radius 1 is 0.692 bits per heavy atom. The molecule has 0 amide bonds. The second kappa shape index (κ2) is 7.28. The van der Waals surface area contributed by atoms with E-state index in [-0.39, 0.29) is 0 Å². The van der Waals surface area contributed by atoms with E-state index in [4.69, 9.17) is 0 Å². The van der Waals surface area contributed by atoms with Crippen LogP contribution in [0.3, 0.4) is 0 Å². The summed E-state index contributed by atoms with van der Waals surface area (Å²) in [6, 6.07) is 34.0. The zero-order valence-electron chi connectivity index (χ0n) is 14.7. The average molecular weight is 335 g/mol. The van der Waals surface area contributed by atoms with Gasteiger partial charge < -0.3 is 4.57 Å². The van der Waals surface area contributed by atoms with Crippen molar-refractivity contribution in [2.24, 2.45) is 0 Å². The molecule has 0 radical (unpaired) electrons. The number of aromatic nitrogens is 1. The minimum Gasteiger partial charge on any atom is -0.313 e. The van der Waals surface area contributed by atoms with Gasteiger partial charge in [-0.25, -0.2) is 0 Å². The summed E-state index contributed by atoms with van der Waals surface area (Å²) in [6.07, 6.45) is 2.79. The van der Waals surface area contributed by atoms with E-state index >= 15 is 0 Å². The quantitative estimate of drug-likeness (QED) is 0.365. The Bertz CT molecular complexity index is 996. The Balaban J connectivity index is 2.03. The molecule has 26 heavy (non-hydrogen) atoms. The summed E-state index contributed by atoms with van der Waals surface area (Å²) >= 11 is 0. The highest BCUT2D eigenvalue weighted by atomic mass is 15.0. The molecule has 0 fully saturated rings. The van der Waals surface area contributed by atoms with Crippen LogP contribution in [-0.2, 0) is 6.42 Å². The summed E-state index contributed by atoms with van der Waals surface area (Å²) < 4.78 is 2.36. The van der Waals surface area contributed by atoms with Crippen molar-refractivity contribution in [2.45, 2.75) is 6.42 Å². The van der Waals surface area contributed by atoms with Gasteiger partial charge in [-0.05, 0) is 29.3 Å². The first-order chi connectivity index (χ1) is 12.9. The van der Waals surface area contributed by atoms with Crippen molar-refractivity contribution in [2.75, 3.05) is 0 Å². The number of hydrogen-bond acceptors (Lipinski definition) is 0. The Hall–Kier alpha value is -3.32. The van der Waals surface area contributed by atoms with E-state index in [0.29, 0.717) is 0 Å². The van der Waals surface area contributed by atoms with Crippen molar-refractivity contribution in [3.05, 3.63) is 115 Å². The topological polar surface area (TPSA) is 4.93 Å².